The van der Waals surface area contributed by atoms with Crippen molar-refractivity contribution in [2.75, 3.05) is 5.32 Å². The zero-order valence-corrected chi connectivity index (χ0v) is 19.9. The minimum Gasteiger partial charge on any atom is -0.325 e. The Morgan fingerprint density at radius 2 is 1.60 bits per heavy atom. The first kappa shape index (κ1) is 22.3. The third kappa shape index (κ3) is 5.38. The molecule has 1 N–H and O–H groups in total. The van der Waals surface area contributed by atoms with Crippen molar-refractivity contribution in [2.24, 2.45) is 0 Å². The molecule has 0 aliphatic carbocycles. The zero-order chi connectivity index (χ0) is 24.2. The molecule has 0 saturated carbocycles. The van der Waals surface area contributed by atoms with E-state index in [1.54, 1.807) is 18.5 Å². The molecule has 0 unspecified atom stereocenters. The highest BCUT2D eigenvalue weighted by Crippen LogP contribution is 2.22. The smallest absolute Gasteiger partial charge is 0.180 e. The van der Waals surface area contributed by atoms with E-state index in [4.69, 9.17) is 0 Å². The first-order chi connectivity index (χ1) is 17.0. The Labute approximate surface area is 204 Å². The van der Waals surface area contributed by atoms with Crippen LogP contribution >= 0.6 is 0 Å². The van der Waals surface area contributed by atoms with Gasteiger partial charge in [-0.3, -0.25) is 4.68 Å². The van der Waals surface area contributed by atoms with E-state index in [0.29, 0.717) is 29.9 Å². The molecule has 4 heterocycles. The first-order valence-electron chi connectivity index (χ1n) is 11.5. The molecule has 4 aromatic heterocycles. The second-order valence-electron chi connectivity index (χ2n) is 8.59. The van der Waals surface area contributed by atoms with Gasteiger partial charge < -0.3 is 5.32 Å². The summed E-state index contributed by atoms with van der Waals surface area (Å²) >= 11 is 0. The highest BCUT2D eigenvalue weighted by molar-refractivity contribution is 5.62. The van der Waals surface area contributed by atoms with E-state index in [9.17, 15) is 0 Å². The molecule has 174 valence electrons. The highest BCUT2D eigenvalue weighted by Gasteiger charge is 2.08. The molecule has 8 nitrogen and oxygen atoms in total. The van der Waals surface area contributed by atoms with Crippen molar-refractivity contribution in [1.29, 1.82) is 0 Å². The summed E-state index contributed by atoms with van der Waals surface area (Å²) in [5.74, 6) is 2.61. The molecule has 0 amide bonds. The van der Waals surface area contributed by atoms with Gasteiger partial charge in [0, 0.05) is 42.3 Å². The van der Waals surface area contributed by atoms with Crippen LogP contribution < -0.4 is 5.32 Å². The van der Waals surface area contributed by atoms with E-state index < -0.39 is 0 Å². The normalized spacial score (nSPS) is 11.1. The fraction of sp³-hybridized carbons (Fsp3) is 0.185. The van der Waals surface area contributed by atoms with Crippen molar-refractivity contribution in [3.8, 4) is 22.6 Å². The lowest BCUT2D eigenvalue weighted by Crippen LogP contribution is -2.03. The number of nitrogens with one attached hydrogen (secondary N) is 1. The van der Waals surface area contributed by atoms with Gasteiger partial charge in [0.05, 0.1) is 6.20 Å². The number of benzene rings is 1. The molecule has 0 bridgehead atoms. The third-order valence-corrected chi connectivity index (χ3v) is 5.51. The van der Waals surface area contributed by atoms with Gasteiger partial charge in [-0.25, -0.2) is 24.9 Å². The molecule has 0 radical (unpaired) electrons. The van der Waals surface area contributed by atoms with Crippen LogP contribution in [-0.2, 0) is 6.42 Å². The Morgan fingerprint density at radius 3 is 2.34 bits per heavy atom. The van der Waals surface area contributed by atoms with Crippen LogP contribution in [0.4, 0.5) is 11.6 Å². The van der Waals surface area contributed by atoms with E-state index in [1.807, 2.05) is 42.1 Å². The molecule has 0 aliphatic rings. The molecule has 5 aromatic rings. The minimum absolute atomic E-state index is 0.342. The molecule has 0 saturated heterocycles. The maximum absolute atomic E-state index is 4.67. The number of aromatic nitrogens is 7. The van der Waals surface area contributed by atoms with E-state index in [2.05, 4.69) is 79.6 Å². The van der Waals surface area contributed by atoms with Gasteiger partial charge in [0.1, 0.15) is 23.2 Å². The number of aryl methyl sites for hydroxylation is 1. The van der Waals surface area contributed by atoms with Crippen LogP contribution in [0.25, 0.3) is 22.6 Å². The van der Waals surface area contributed by atoms with Crippen LogP contribution in [0.5, 0.6) is 0 Å². The van der Waals surface area contributed by atoms with E-state index in [-0.39, 0.29) is 0 Å². The molecule has 0 atom stereocenters. The second-order valence-corrected chi connectivity index (χ2v) is 8.59. The molecule has 35 heavy (non-hydrogen) atoms. The molecular weight excluding hydrogens is 436 g/mol. The predicted molar refractivity (Wildman–Crippen MR) is 136 cm³/mol. The van der Waals surface area contributed by atoms with E-state index >= 15 is 0 Å². The van der Waals surface area contributed by atoms with Crippen molar-refractivity contribution >= 4 is 11.6 Å². The number of hydrogen-bond donors (Lipinski definition) is 1. The Hall–Kier alpha value is -4.46. The average molecular weight is 463 g/mol. The number of hydrogen-bond acceptors (Lipinski definition) is 7. The Balaban J connectivity index is 1.28. The van der Waals surface area contributed by atoms with Crippen LogP contribution in [0.3, 0.4) is 0 Å². The molecule has 5 rings (SSSR count). The van der Waals surface area contributed by atoms with Gasteiger partial charge in [0.2, 0.25) is 0 Å². The van der Waals surface area contributed by atoms with Crippen LogP contribution in [0.2, 0.25) is 0 Å². The van der Waals surface area contributed by atoms with Gasteiger partial charge >= 0.3 is 0 Å². The fourth-order valence-corrected chi connectivity index (χ4v) is 3.67. The number of anilines is 2. The molecular formula is C27H26N8. The van der Waals surface area contributed by atoms with Gasteiger partial charge in [0.15, 0.2) is 5.82 Å². The van der Waals surface area contributed by atoms with Crippen LogP contribution in [0.15, 0.2) is 79.4 Å². The molecule has 1 aromatic carbocycles. The third-order valence-electron chi connectivity index (χ3n) is 5.51. The second kappa shape index (κ2) is 9.80. The first-order valence-corrected chi connectivity index (χ1v) is 11.5. The Kier molecular flexibility index (Phi) is 6.26. The van der Waals surface area contributed by atoms with E-state index in [1.165, 1.54) is 0 Å². The lowest BCUT2D eigenvalue weighted by Gasteiger charge is -2.08. The van der Waals surface area contributed by atoms with Crippen molar-refractivity contribution in [2.45, 2.75) is 33.2 Å². The fourth-order valence-electron chi connectivity index (χ4n) is 3.67. The highest BCUT2D eigenvalue weighted by atomic mass is 15.3. The van der Waals surface area contributed by atoms with Crippen LogP contribution in [0, 0.1) is 6.92 Å². The molecule has 0 aliphatic heterocycles. The van der Waals surface area contributed by atoms with Gasteiger partial charge in [-0.15, -0.1) is 0 Å². The SMILES string of the molecule is Cc1cccc(-c2nccc(Nc3ccnc(Cc4ccc(-c5cnn(C(C)C)c5)cc4)n3)n2)n1. The van der Waals surface area contributed by atoms with Crippen molar-refractivity contribution in [1.82, 2.24) is 34.7 Å². The Bertz CT molecular complexity index is 1440. The zero-order valence-electron chi connectivity index (χ0n) is 19.9. The van der Waals surface area contributed by atoms with E-state index in [0.717, 1.165) is 33.9 Å². The van der Waals surface area contributed by atoms with Crippen molar-refractivity contribution in [3.63, 3.8) is 0 Å². The summed E-state index contributed by atoms with van der Waals surface area (Å²) in [5, 5.41) is 7.69. The standard InChI is InChI=1S/C27H26N8/c1-18(2)35-17-22(16-30-35)21-9-7-20(8-10-21)15-26-28-13-11-24(33-26)32-25-12-14-29-27(34-25)23-6-4-5-19(3)31-23/h4-14,16-18H,15H2,1-3H3,(H,28,29,32,33,34). The topological polar surface area (TPSA) is 94.3 Å². The van der Waals surface area contributed by atoms with Gasteiger partial charge in [0.25, 0.3) is 0 Å². The van der Waals surface area contributed by atoms with Gasteiger partial charge in [-0.05, 0) is 56.2 Å². The summed E-state index contributed by atoms with van der Waals surface area (Å²) in [6.07, 6.45) is 8.07. The van der Waals surface area contributed by atoms with Crippen molar-refractivity contribution < 1.29 is 0 Å². The maximum Gasteiger partial charge on any atom is 0.180 e. The van der Waals surface area contributed by atoms with Gasteiger partial charge in [-0.2, -0.15) is 5.10 Å². The predicted octanol–water partition coefficient (Wildman–Crippen LogP) is 5.42. The Morgan fingerprint density at radius 1 is 0.829 bits per heavy atom. The lowest BCUT2D eigenvalue weighted by atomic mass is 10.1. The minimum atomic E-state index is 0.342. The van der Waals surface area contributed by atoms with Crippen LogP contribution in [0.1, 0.15) is 37.0 Å². The van der Waals surface area contributed by atoms with Gasteiger partial charge in [-0.1, -0.05) is 30.3 Å². The number of rotatable bonds is 7. The number of pyridine rings is 1. The molecule has 0 fully saturated rings. The lowest BCUT2D eigenvalue weighted by molar-refractivity contribution is 0.532. The monoisotopic (exact) mass is 462 g/mol. The maximum atomic E-state index is 4.67. The summed E-state index contributed by atoms with van der Waals surface area (Å²) < 4.78 is 1.97. The number of nitrogens with zero attached hydrogens (tertiary/aromatic N) is 7. The quantitative estimate of drug-likeness (QED) is 0.345. The summed E-state index contributed by atoms with van der Waals surface area (Å²) in [6.45, 7) is 6.18. The summed E-state index contributed by atoms with van der Waals surface area (Å²) in [5.41, 5.74) is 5.04. The largest absolute Gasteiger partial charge is 0.325 e. The molecule has 0 spiro atoms. The summed E-state index contributed by atoms with van der Waals surface area (Å²) in [4.78, 5) is 22.6. The molecule has 8 heteroatoms. The summed E-state index contributed by atoms with van der Waals surface area (Å²) in [7, 11) is 0. The van der Waals surface area contributed by atoms with Crippen molar-refractivity contribution in [3.05, 3.63) is 96.5 Å². The van der Waals surface area contributed by atoms with Crippen LogP contribution in [-0.4, -0.2) is 34.7 Å². The average Bonchev–Trinajstić information content (AvgIpc) is 3.36. The summed E-state index contributed by atoms with van der Waals surface area (Å²) in [6, 6.07) is 18.2.